The summed E-state index contributed by atoms with van der Waals surface area (Å²) in [4.78, 5) is 25.2. The predicted octanol–water partition coefficient (Wildman–Crippen LogP) is -0.411. The van der Waals surface area contributed by atoms with Gasteiger partial charge in [-0.2, -0.15) is 0 Å². The molecule has 2 N–H and O–H groups in total. The average Bonchev–Trinajstić information content (AvgIpc) is 2.83. The van der Waals surface area contributed by atoms with E-state index in [0.29, 0.717) is 38.9 Å². The minimum Gasteiger partial charge on any atom is -0.359 e. The van der Waals surface area contributed by atoms with Gasteiger partial charge < -0.3 is 15.5 Å². The molecule has 3 amide bonds. The summed E-state index contributed by atoms with van der Waals surface area (Å²) in [5.74, 6) is 0.449. The van der Waals surface area contributed by atoms with Crippen molar-refractivity contribution in [1.82, 2.24) is 15.5 Å². The third-order valence-electron chi connectivity index (χ3n) is 4.27. The summed E-state index contributed by atoms with van der Waals surface area (Å²) in [6.07, 6.45) is 1.97. The summed E-state index contributed by atoms with van der Waals surface area (Å²) >= 11 is 0. The number of urea groups is 1. The van der Waals surface area contributed by atoms with Crippen molar-refractivity contribution in [2.75, 3.05) is 38.2 Å². The van der Waals surface area contributed by atoms with Gasteiger partial charge in [0.15, 0.2) is 9.84 Å². The van der Waals surface area contributed by atoms with Crippen molar-refractivity contribution in [3.05, 3.63) is 0 Å². The highest BCUT2D eigenvalue weighted by atomic mass is 32.2. The SMILES string of the molecule is CNC(=O)C1CCN(C(=O)NC[C@@H]2CCS(=O)(=O)C2)CC1. The van der Waals surface area contributed by atoms with E-state index in [1.807, 2.05) is 0 Å². The van der Waals surface area contributed by atoms with E-state index in [4.69, 9.17) is 0 Å². The van der Waals surface area contributed by atoms with Crippen LogP contribution in [0.4, 0.5) is 4.79 Å². The number of amides is 3. The number of nitrogens with zero attached hydrogens (tertiary/aromatic N) is 1. The van der Waals surface area contributed by atoms with Gasteiger partial charge in [0.05, 0.1) is 11.5 Å². The van der Waals surface area contributed by atoms with Crippen LogP contribution >= 0.6 is 0 Å². The molecule has 0 aromatic rings. The maximum Gasteiger partial charge on any atom is 0.317 e. The molecule has 0 aromatic heterocycles. The van der Waals surface area contributed by atoms with E-state index in [9.17, 15) is 18.0 Å². The molecule has 0 bridgehead atoms. The number of likely N-dealkylation sites (tertiary alicyclic amines) is 1. The second-order valence-electron chi connectivity index (χ2n) is 5.83. The maximum atomic E-state index is 12.0. The Hall–Kier alpha value is -1.31. The van der Waals surface area contributed by atoms with Gasteiger partial charge in [-0.15, -0.1) is 0 Å². The van der Waals surface area contributed by atoms with Crippen LogP contribution < -0.4 is 10.6 Å². The predicted molar refractivity (Wildman–Crippen MR) is 78.5 cm³/mol. The number of sulfone groups is 1. The van der Waals surface area contributed by atoms with E-state index in [-0.39, 0.29) is 35.3 Å². The number of piperidine rings is 1. The number of carbonyl (C=O) groups is 2. The van der Waals surface area contributed by atoms with Crippen LogP contribution in [0.2, 0.25) is 0 Å². The fourth-order valence-corrected chi connectivity index (χ4v) is 4.79. The molecular weight excluding hydrogens is 294 g/mol. The highest BCUT2D eigenvalue weighted by Gasteiger charge is 2.30. The first-order valence-electron chi connectivity index (χ1n) is 7.36. The lowest BCUT2D eigenvalue weighted by Crippen LogP contribution is -2.47. The number of nitrogens with one attached hydrogen (secondary N) is 2. The van der Waals surface area contributed by atoms with Crippen molar-refractivity contribution in [2.24, 2.45) is 11.8 Å². The first-order valence-corrected chi connectivity index (χ1v) is 9.18. The minimum atomic E-state index is -2.90. The number of hydrogen-bond donors (Lipinski definition) is 2. The monoisotopic (exact) mass is 317 g/mol. The number of rotatable bonds is 3. The molecule has 2 aliphatic heterocycles. The largest absolute Gasteiger partial charge is 0.359 e. The molecule has 0 aromatic carbocycles. The van der Waals surface area contributed by atoms with Gasteiger partial charge in [-0.1, -0.05) is 0 Å². The van der Waals surface area contributed by atoms with Crippen LogP contribution in [-0.2, 0) is 14.6 Å². The molecule has 0 unspecified atom stereocenters. The fraction of sp³-hybridized carbons (Fsp3) is 0.846. The van der Waals surface area contributed by atoms with Crippen LogP contribution in [0.1, 0.15) is 19.3 Å². The molecular formula is C13H23N3O4S. The van der Waals surface area contributed by atoms with Crippen LogP contribution in [0.5, 0.6) is 0 Å². The van der Waals surface area contributed by atoms with Crippen molar-refractivity contribution in [1.29, 1.82) is 0 Å². The third-order valence-corrected chi connectivity index (χ3v) is 6.11. The molecule has 0 radical (unpaired) electrons. The summed E-state index contributed by atoms with van der Waals surface area (Å²) in [5, 5.41) is 5.45. The summed E-state index contributed by atoms with van der Waals surface area (Å²) in [6.45, 7) is 1.53. The number of hydrogen-bond acceptors (Lipinski definition) is 4. The fourth-order valence-electron chi connectivity index (χ4n) is 2.93. The average molecular weight is 317 g/mol. The molecule has 120 valence electrons. The molecule has 8 heteroatoms. The van der Waals surface area contributed by atoms with E-state index in [2.05, 4.69) is 10.6 Å². The lowest BCUT2D eigenvalue weighted by Gasteiger charge is -2.31. The van der Waals surface area contributed by atoms with E-state index >= 15 is 0 Å². The van der Waals surface area contributed by atoms with Crippen LogP contribution in [0.25, 0.3) is 0 Å². The van der Waals surface area contributed by atoms with Gasteiger partial charge in [0.2, 0.25) is 5.91 Å². The quantitative estimate of drug-likeness (QED) is 0.739. The van der Waals surface area contributed by atoms with Crippen LogP contribution in [0.15, 0.2) is 0 Å². The van der Waals surface area contributed by atoms with Gasteiger partial charge in [-0.25, -0.2) is 13.2 Å². The zero-order chi connectivity index (χ0) is 15.5. The molecule has 2 aliphatic rings. The smallest absolute Gasteiger partial charge is 0.317 e. The molecule has 0 spiro atoms. The Bertz CT molecular complexity index is 498. The Labute approximate surface area is 125 Å². The van der Waals surface area contributed by atoms with Gasteiger partial charge >= 0.3 is 6.03 Å². The van der Waals surface area contributed by atoms with E-state index in [0.717, 1.165) is 0 Å². The van der Waals surface area contributed by atoms with Gasteiger partial charge in [0.1, 0.15) is 0 Å². The van der Waals surface area contributed by atoms with Crippen LogP contribution in [-0.4, -0.2) is 63.4 Å². The Morgan fingerprint density at radius 1 is 1.19 bits per heavy atom. The van der Waals surface area contributed by atoms with Gasteiger partial charge in [0, 0.05) is 32.6 Å². The van der Waals surface area contributed by atoms with Crippen molar-refractivity contribution in [3.8, 4) is 0 Å². The molecule has 2 heterocycles. The highest BCUT2D eigenvalue weighted by molar-refractivity contribution is 7.91. The topological polar surface area (TPSA) is 95.6 Å². The van der Waals surface area contributed by atoms with Gasteiger partial charge in [-0.05, 0) is 25.2 Å². The van der Waals surface area contributed by atoms with Gasteiger partial charge in [0.25, 0.3) is 0 Å². The molecule has 21 heavy (non-hydrogen) atoms. The zero-order valence-electron chi connectivity index (χ0n) is 12.3. The summed E-state index contributed by atoms with van der Waals surface area (Å²) < 4.78 is 22.7. The van der Waals surface area contributed by atoms with Crippen molar-refractivity contribution in [3.63, 3.8) is 0 Å². The highest BCUT2D eigenvalue weighted by Crippen LogP contribution is 2.19. The molecule has 2 rings (SSSR count). The van der Waals surface area contributed by atoms with Crippen LogP contribution in [0, 0.1) is 11.8 Å². The Morgan fingerprint density at radius 3 is 2.38 bits per heavy atom. The first-order chi connectivity index (χ1) is 9.91. The van der Waals surface area contributed by atoms with E-state index in [1.54, 1.807) is 11.9 Å². The lowest BCUT2D eigenvalue weighted by molar-refractivity contribution is -0.125. The normalized spacial score (nSPS) is 25.6. The van der Waals surface area contributed by atoms with Crippen molar-refractivity contribution in [2.45, 2.75) is 19.3 Å². The number of carbonyl (C=O) groups excluding carboxylic acids is 2. The Kier molecular flexibility index (Phi) is 5.08. The van der Waals surface area contributed by atoms with Gasteiger partial charge in [-0.3, -0.25) is 4.79 Å². The second-order valence-corrected chi connectivity index (χ2v) is 8.06. The third kappa shape index (κ3) is 4.33. The Morgan fingerprint density at radius 2 is 1.86 bits per heavy atom. The second kappa shape index (κ2) is 6.64. The summed E-state index contributed by atoms with van der Waals surface area (Å²) in [6, 6.07) is -0.158. The molecule has 1 atom stereocenters. The molecule has 2 fully saturated rings. The van der Waals surface area contributed by atoms with Crippen LogP contribution in [0.3, 0.4) is 0 Å². The first kappa shape index (κ1) is 16.1. The maximum absolute atomic E-state index is 12.0. The Balaban J connectivity index is 1.72. The molecule has 0 aliphatic carbocycles. The molecule has 2 saturated heterocycles. The zero-order valence-corrected chi connectivity index (χ0v) is 13.1. The minimum absolute atomic E-state index is 0.0148. The van der Waals surface area contributed by atoms with E-state index < -0.39 is 9.84 Å². The molecule has 0 saturated carbocycles. The lowest BCUT2D eigenvalue weighted by atomic mass is 9.96. The summed E-state index contributed by atoms with van der Waals surface area (Å²) in [7, 11) is -1.28. The summed E-state index contributed by atoms with van der Waals surface area (Å²) in [5.41, 5.74) is 0. The van der Waals surface area contributed by atoms with E-state index in [1.165, 1.54) is 0 Å². The standard InChI is InChI=1S/C13H23N3O4S/c1-14-12(17)11-2-5-16(6-3-11)13(18)15-8-10-4-7-21(19,20)9-10/h10-11H,2-9H2,1H3,(H,14,17)(H,15,18)/t10-/m0/s1. The van der Waals surface area contributed by atoms with Crippen molar-refractivity contribution < 1.29 is 18.0 Å². The molecule has 7 nitrogen and oxygen atoms in total. The van der Waals surface area contributed by atoms with Crippen molar-refractivity contribution >= 4 is 21.8 Å².